The highest BCUT2D eigenvalue weighted by atomic mass is 19.1. The van der Waals surface area contributed by atoms with E-state index in [1.165, 1.54) is 11.1 Å². The second-order valence-corrected chi connectivity index (χ2v) is 4.66. The molecule has 2 aromatic rings. The molecule has 0 fully saturated rings. The fraction of sp³-hybridized carbons (Fsp3) is 0.143. The van der Waals surface area contributed by atoms with Gasteiger partial charge in [0.05, 0.1) is 17.4 Å². The summed E-state index contributed by atoms with van der Waals surface area (Å²) in [5.74, 6) is -1.10. The third-order valence-corrected chi connectivity index (χ3v) is 3.16. The molecule has 0 saturated heterocycles. The van der Waals surface area contributed by atoms with Gasteiger partial charge in [-0.25, -0.2) is 9.37 Å². The molecule has 0 bridgehead atoms. The predicted molar refractivity (Wildman–Crippen MR) is 73.5 cm³/mol. The Hall–Kier alpha value is -2.83. The first-order chi connectivity index (χ1) is 10.1. The van der Waals surface area contributed by atoms with E-state index < -0.39 is 11.7 Å². The summed E-state index contributed by atoms with van der Waals surface area (Å²) in [6.45, 7) is 1.64. The van der Waals surface area contributed by atoms with Crippen molar-refractivity contribution in [3.05, 3.63) is 47.7 Å². The van der Waals surface area contributed by atoms with Crippen LogP contribution in [0.2, 0.25) is 0 Å². The van der Waals surface area contributed by atoms with E-state index in [-0.39, 0.29) is 18.0 Å². The Morgan fingerprint density at radius 1 is 1.43 bits per heavy atom. The van der Waals surface area contributed by atoms with Crippen LogP contribution in [0.4, 0.5) is 15.9 Å². The Balaban J connectivity index is 2.06. The summed E-state index contributed by atoms with van der Waals surface area (Å²) in [4.78, 5) is 33.2. The number of anilines is 2. The Morgan fingerprint density at radius 3 is 3.00 bits per heavy atom. The Morgan fingerprint density at radius 2 is 2.24 bits per heavy atom. The molecule has 106 valence electrons. The maximum Gasteiger partial charge on any atom is 0.261 e. The maximum atomic E-state index is 13.2. The Labute approximate surface area is 119 Å². The molecule has 1 aliphatic rings. The van der Waals surface area contributed by atoms with Gasteiger partial charge in [-0.3, -0.25) is 19.5 Å². The monoisotopic (exact) mass is 286 g/mol. The summed E-state index contributed by atoms with van der Waals surface area (Å²) >= 11 is 0. The van der Waals surface area contributed by atoms with E-state index in [0.29, 0.717) is 11.5 Å². The number of nitrogens with zero attached hydrogens (tertiary/aromatic N) is 3. The van der Waals surface area contributed by atoms with Crippen molar-refractivity contribution in [1.29, 1.82) is 0 Å². The normalized spacial score (nSPS) is 13.6. The number of aryl methyl sites for hydroxylation is 1. The number of rotatable bonds is 1. The molecule has 0 spiro atoms. The summed E-state index contributed by atoms with van der Waals surface area (Å²) < 4.78 is 13.2. The third-order valence-electron chi connectivity index (χ3n) is 3.16. The van der Waals surface area contributed by atoms with E-state index in [1.54, 1.807) is 19.2 Å². The number of amides is 2. The molecule has 7 heteroatoms. The van der Waals surface area contributed by atoms with Crippen LogP contribution < -0.4 is 10.2 Å². The van der Waals surface area contributed by atoms with Gasteiger partial charge in [-0.15, -0.1) is 0 Å². The van der Waals surface area contributed by atoms with Crippen molar-refractivity contribution in [3.8, 4) is 0 Å². The topological polar surface area (TPSA) is 75.2 Å². The van der Waals surface area contributed by atoms with Crippen molar-refractivity contribution in [2.45, 2.75) is 6.92 Å². The zero-order valence-electron chi connectivity index (χ0n) is 11.1. The number of hydrogen-bond donors (Lipinski definition) is 1. The first-order valence-corrected chi connectivity index (χ1v) is 6.24. The van der Waals surface area contributed by atoms with Gasteiger partial charge in [-0.1, -0.05) is 0 Å². The molecule has 0 atom stereocenters. The lowest BCUT2D eigenvalue weighted by molar-refractivity contribution is -0.115. The molecule has 0 radical (unpaired) electrons. The Bertz CT molecular complexity index is 748. The Kier molecular flexibility index (Phi) is 3.09. The molecule has 2 amide bonds. The number of pyridine rings is 2. The van der Waals surface area contributed by atoms with Crippen molar-refractivity contribution in [2.24, 2.45) is 0 Å². The van der Waals surface area contributed by atoms with Crippen molar-refractivity contribution >= 4 is 23.3 Å². The molecule has 0 unspecified atom stereocenters. The number of halogens is 1. The highest BCUT2D eigenvalue weighted by Gasteiger charge is 2.30. The van der Waals surface area contributed by atoms with E-state index in [2.05, 4.69) is 15.3 Å². The van der Waals surface area contributed by atoms with Crippen LogP contribution in [-0.2, 0) is 4.79 Å². The molecule has 6 nitrogen and oxygen atoms in total. The molecule has 21 heavy (non-hydrogen) atoms. The number of aromatic nitrogens is 2. The van der Waals surface area contributed by atoms with Crippen LogP contribution >= 0.6 is 0 Å². The van der Waals surface area contributed by atoms with Crippen LogP contribution in [0.25, 0.3) is 0 Å². The SMILES string of the molecule is Cc1ccnc2c1NC(=O)CN2C(=O)c1cncc(F)c1. The minimum Gasteiger partial charge on any atom is -0.321 e. The molecule has 1 N–H and O–H groups in total. The summed E-state index contributed by atoms with van der Waals surface area (Å²) in [5.41, 5.74) is 1.36. The summed E-state index contributed by atoms with van der Waals surface area (Å²) in [6, 6.07) is 2.81. The van der Waals surface area contributed by atoms with Gasteiger partial charge in [0, 0.05) is 12.4 Å². The van der Waals surface area contributed by atoms with Crippen LogP contribution in [0.15, 0.2) is 30.7 Å². The molecule has 0 aromatic carbocycles. The van der Waals surface area contributed by atoms with Gasteiger partial charge < -0.3 is 5.32 Å². The van der Waals surface area contributed by atoms with Crippen molar-refractivity contribution < 1.29 is 14.0 Å². The molecular weight excluding hydrogens is 275 g/mol. The minimum absolute atomic E-state index is 0.0685. The van der Waals surface area contributed by atoms with Gasteiger partial charge in [-0.05, 0) is 24.6 Å². The van der Waals surface area contributed by atoms with Gasteiger partial charge in [0.25, 0.3) is 5.91 Å². The van der Waals surface area contributed by atoms with Crippen molar-refractivity contribution in [1.82, 2.24) is 9.97 Å². The average molecular weight is 286 g/mol. The summed E-state index contributed by atoms with van der Waals surface area (Å²) in [5, 5.41) is 2.69. The first kappa shape index (κ1) is 13.2. The lowest BCUT2D eigenvalue weighted by atomic mass is 10.1. The van der Waals surface area contributed by atoms with Crippen LogP contribution in [0.1, 0.15) is 15.9 Å². The van der Waals surface area contributed by atoms with Crippen LogP contribution in [0.3, 0.4) is 0 Å². The number of nitrogens with one attached hydrogen (secondary N) is 1. The first-order valence-electron chi connectivity index (χ1n) is 6.24. The molecule has 0 saturated carbocycles. The quantitative estimate of drug-likeness (QED) is 0.862. The van der Waals surface area contributed by atoms with E-state index in [1.807, 2.05) is 0 Å². The third kappa shape index (κ3) is 2.33. The van der Waals surface area contributed by atoms with Crippen LogP contribution in [0, 0.1) is 12.7 Å². The average Bonchev–Trinajstić information content (AvgIpc) is 2.47. The van der Waals surface area contributed by atoms with Crippen LogP contribution in [0.5, 0.6) is 0 Å². The zero-order valence-corrected chi connectivity index (χ0v) is 11.1. The standard InChI is InChI=1S/C14H11FN4O2/c1-8-2-3-17-13-12(8)18-11(20)7-19(13)14(21)9-4-10(15)6-16-5-9/h2-6H,7H2,1H3,(H,18,20). The molecular formula is C14H11FN4O2. The molecule has 0 aliphatic carbocycles. The number of fused-ring (bicyclic) bond motifs is 1. The lowest BCUT2D eigenvalue weighted by Crippen LogP contribution is -2.43. The van der Waals surface area contributed by atoms with Gasteiger partial charge in [-0.2, -0.15) is 0 Å². The second kappa shape index (κ2) is 4.93. The smallest absolute Gasteiger partial charge is 0.261 e. The maximum absolute atomic E-state index is 13.2. The lowest BCUT2D eigenvalue weighted by Gasteiger charge is -2.28. The number of carbonyl (C=O) groups is 2. The minimum atomic E-state index is -0.611. The van der Waals surface area contributed by atoms with Gasteiger partial charge in [0.1, 0.15) is 12.4 Å². The predicted octanol–water partition coefficient (Wildman–Crippen LogP) is 1.52. The number of hydrogen-bond acceptors (Lipinski definition) is 4. The van der Waals surface area contributed by atoms with E-state index in [9.17, 15) is 14.0 Å². The fourth-order valence-electron chi connectivity index (χ4n) is 2.15. The van der Waals surface area contributed by atoms with Gasteiger partial charge in [0.15, 0.2) is 5.82 Å². The van der Waals surface area contributed by atoms with E-state index >= 15 is 0 Å². The van der Waals surface area contributed by atoms with Gasteiger partial charge in [0.2, 0.25) is 5.91 Å². The highest BCUT2D eigenvalue weighted by Crippen LogP contribution is 2.30. The van der Waals surface area contributed by atoms with E-state index in [0.717, 1.165) is 17.8 Å². The second-order valence-electron chi connectivity index (χ2n) is 4.66. The molecule has 2 aromatic heterocycles. The number of carbonyl (C=O) groups excluding carboxylic acids is 2. The van der Waals surface area contributed by atoms with Crippen molar-refractivity contribution in [3.63, 3.8) is 0 Å². The summed E-state index contributed by atoms with van der Waals surface area (Å²) in [7, 11) is 0. The zero-order chi connectivity index (χ0) is 15.0. The van der Waals surface area contributed by atoms with E-state index in [4.69, 9.17) is 0 Å². The largest absolute Gasteiger partial charge is 0.321 e. The molecule has 1 aliphatic heterocycles. The molecule has 3 heterocycles. The molecule has 3 rings (SSSR count). The highest BCUT2D eigenvalue weighted by molar-refractivity contribution is 6.14. The van der Waals surface area contributed by atoms with Gasteiger partial charge >= 0.3 is 0 Å². The van der Waals surface area contributed by atoms with Crippen molar-refractivity contribution in [2.75, 3.05) is 16.8 Å². The fourth-order valence-corrected chi connectivity index (χ4v) is 2.15. The summed E-state index contributed by atoms with van der Waals surface area (Å²) in [6.07, 6.45) is 3.82. The van der Waals surface area contributed by atoms with Crippen LogP contribution in [-0.4, -0.2) is 28.3 Å².